The molecule has 0 radical (unpaired) electrons. The Morgan fingerprint density at radius 2 is 0.979 bits per heavy atom. The first-order chi connectivity index (χ1) is 22.3. The van der Waals surface area contributed by atoms with Crippen molar-refractivity contribution < 1.29 is 61.6 Å². The van der Waals surface area contributed by atoms with Gasteiger partial charge in [-0.25, -0.2) is 18.0 Å². The maximum absolute atomic E-state index is 12.9. The predicted molar refractivity (Wildman–Crippen MR) is 186 cm³/mol. The van der Waals surface area contributed by atoms with Gasteiger partial charge in [-0.15, -0.1) is 0 Å². The molecule has 1 aromatic rings. The van der Waals surface area contributed by atoms with Crippen molar-refractivity contribution in [2.75, 3.05) is 13.2 Å². The molecule has 0 aromatic heterocycles. The fourth-order valence-electron chi connectivity index (χ4n) is 5.37. The molecule has 1 aromatic carbocycles. The van der Waals surface area contributed by atoms with Gasteiger partial charge in [0, 0.05) is 0 Å². The summed E-state index contributed by atoms with van der Waals surface area (Å²) < 4.78 is 46.4. The molecule has 9 heteroatoms. The van der Waals surface area contributed by atoms with Crippen LogP contribution in [0.3, 0.4) is 0 Å². The van der Waals surface area contributed by atoms with Crippen LogP contribution in [0.5, 0.6) is 0 Å². The SMILES string of the molecule is CC/C=C/CCCCCCCCCCCOC(=O)c1cccc(S(=O)(=O)[O-])c1C(=O)OCCCCCCCCCCC/C=C/CC.[Na+]. The zero-order chi connectivity index (χ0) is 33.7. The Morgan fingerprint density at radius 1 is 0.596 bits per heavy atom. The van der Waals surface area contributed by atoms with Crippen LogP contribution in [0.2, 0.25) is 0 Å². The number of unbranched alkanes of at least 4 members (excludes halogenated alkanes) is 18. The minimum absolute atomic E-state index is 0. The van der Waals surface area contributed by atoms with Crippen LogP contribution in [-0.4, -0.2) is 38.1 Å². The summed E-state index contributed by atoms with van der Waals surface area (Å²) in [5, 5.41) is 0. The first-order valence-electron chi connectivity index (χ1n) is 18.1. The summed E-state index contributed by atoms with van der Waals surface area (Å²) in [4.78, 5) is 25.0. The molecule has 0 saturated carbocycles. The molecular formula is C38H61NaO7S. The molecule has 0 bridgehead atoms. The van der Waals surface area contributed by atoms with Crippen molar-refractivity contribution in [3.8, 4) is 0 Å². The fourth-order valence-corrected chi connectivity index (χ4v) is 6.06. The monoisotopic (exact) mass is 684 g/mol. The molecule has 47 heavy (non-hydrogen) atoms. The van der Waals surface area contributed by atoms with E-state index in [-0.39, 0.29) is 48.3 Å². The van der Waals surface area contributed by atoms with Gasteiger partial charge < -0.3 is 14.0 Å². The number of allylic oxidation sites excluding steroid dienone is 4. The maximum Gasteiger partial charge on any atom is 1.00 e. The standard InChI is InChI=1S/C38H62O7S.Na/c1-3-5-7-9-11-13-15-17-19-21-23-25-27-32-44-37(39)34-30-29-31-35(46(41,42)43)36(34)38(40)45-33-28-26-24-22-20-18-16-14-12-10-8-6-4-2;/h5-8,29-31H,3-4,9-28,32-33H2,1-2H3,(H,41,42,43);/q;+1/p-1/b7-5+,8-6+;. The van der Waals surface area contributed by atoms with Crippen molar-refractivity contribution in [1.82, 2.24) is 0 Å². The molecule has 7 nitrogen and oxygen atoms in total. The van der Waals surface area contributed by atoms with Crippen molar-refractivity contribution in [2.24, 2.45) is 0 Å². The van der Waals surface area contributed by atoms with Crippen LogP contribution in [0.15, 0.2) is 47.4 Å². The summed E-state index contributed by atoms with van der Waals surface area (Å²) in [6.07, 6.45) is 33.3. The van der Waals surface area contributed by atoms with E-state index in [9.17, 15) is 22.6 Å². The smallest absolute Gasteiger partial charge is 0.744 e. The molecule has 262 valence electrons. The largest absolute Gasteiger partial charge is 1.00 e. The van der Waals surface area contributed by atoms with Crippen LogP contribution < -0.4 is 29.6 Å². The minimum atomic E-state index is -5.01. The summed E-state index contributed by atoms with van der Waals surface area (Å²) in [7, 11) is -5.01. The second-order valence-electron chi connectivity index (χ2n) is 12.1. The molecule has 0 aliphatic rings. The summed E-state index contributed by atoms with van der Waals surface area (Å²) in [5.74, 6) is -1.82. The van der Waals surface area contributed by atoms with Gasteiger partial charge >= 0.3 is 41.5 Å². The van der Waals surface area contributed by atoms with Gasteiger partial charge in [-0.3, -0.25) is 0 Å². The first-order valence-corrected chi connectivity index (χ1v) is 19.5. The molecule has 0 fully saturated rings. The van der Waals surface area contributed by atoms with Crippen LogP contribution in [0.1, 0.15) is 176 Å². The third-order valence-corrected chi connectivity index (χ3v) is 8.90. The van der Waals surface area contributed by atoms with Crippen LogP contribution >= 0.6 is 0 Å². The summed E-state index contributed by atoms with van der Waals surface area (Å²) in [6.45, 7) is 4.54. The van der Waals surface area contributed by atoms with Crippen molar-refractivity contribution in [1.29, 1.82) is 0 Å². The van der Waals surface area contributed by atoms with E-state index in [2.05, 4.69) is 38.2 Å². The topological polar surface area (TPSA) is 110 Å². The number of hydrogen-bond donors (Lipinski definition) is 0. The van der Waals surface area contributed by atoms with Crippen LogP contribution in [0.25, 0.3) is 0 Å². The molecular weight excluding hydrogens is 623 g/mol. The fraction of sp³-hybridized carbons (Fsp3) is 0.684. The van der Waals surface area contributed by atoms with Crippen LogP contribution in [0, 0.1) is 0 Å². The number of carbonyl (C=O) groups is 2. The van der Waals surface area contributed by atoms with E-state index in [1.165, 1.54) is 89.2 Å². The average molecular weight is 685 g/mol. The molecule has 0 saturated heterocycles. The molecule has 0 N–H and O–H groups in total. The first kappa shape index (κ1) is 45.6. The van der Waals surface area contributed by atoms with Crippen molar-refractivity contribution in [3.05, 3.63) is 53.6 Å². The van der Waals surface area contributed by atoms with Gasteiger partial charge in [-0.1, -0.05) is 134 Å². The Morgan fingerprint density at radius 3 is 1.38 bits per heavy atom. The average Bonchev–Trinajstić information content (AvgIpc) is 3.04. The van der Waals surface area contributed by atoms with Gasteiger partial charge in [0.15, 0.2) is 0 Å². The Kier molecular flexibility index (Phi) is 29.7. The van der Waals surface area contributed by atoms with E-state index in [0.717, 1.165) is 57.4 Å². The Labute approximate surface area is 308 Å². The van der Waals surface area contributed by atoms with Gasteiger partial charge in [0.05, 0.1) is 29.2 Å². The van der Waals surface area contributed by atoms with Crippen molar-refractivity contribution >= 4 is 22.1 Å². The van der Waals surface area contributed by atoms with E-state index < -0.39 is 32.5 Å². The quantitative estimate of drug-likeness (QED) is 0.0280. The number of ether oxygens (including phenoxy) is 2. The normalized spacial score (nSPS) is 11.6. The van der Waals surface area contributed by atoms with Gasteiger partial charge in [0.1, 0.15) is 10.1 Å². The van der Waals surface area contributed by atoms with E-state index in [4.69, 9.17) is 9.47 Å². The number of rotatable bonds is 29. The van der Waals surface area contributed by atoms with Crippen LogP contribution in [0.4, 0.5) is 0 Å². The molecule has 1 rings (SSSR count). The molecule has 0 heterocycles. The molecule has 0 unspecified atom stereocenters. The molecule has 0 spiro atoms. The summed E-state index contributed by atoms with van der Waals surface area (Å²) in [6, 6.07) is 3.60. The minimum Gasteiger partial charge on any atom is -0.744 e. The molecule has 0 aliphatic heterocycles. The van der Waals surface area contributed by atoms with E-state index in [0.29, 0.717) is 12.8 Å². The predicted octanol–water partition coefficient (Wildman–Crippen LogP) is 7.64. The third kappa shape index (κ3) is 23.5. The number of hydrogen-bond acceptors (Lipinski definition) is 7. The number of esters is 2. The number of benzene rings is 1. The Balaban J connectivity index is 0.0000212. The van der Waals surface area contributed by atoms with Gasteiger partial charge in [-0.05, 0) is 63.5 Å². The zero-order valence-corrected chi connectivity index (χ0v) is 32.6. The second-order valence-corrected chi connectivity index (χ2v) is 13.5. The molecule has 0 aliphatic carbocycles. The Bertz CT molecular complexity index is 1120. The van der Waals surface area contributed by atoms with Crippen LogP contribution in [-0.2, 0) is 19.6 Å². The van der Waals surface area contributed by atoms with E-state index >= 15 is 0 Å². The van der Waals surface area contributed by atoms with E-state index in [1.807, 2.05) is 0 Å². The van der Waals surface area contributed by atoms with Crippen molar-refractivity contribution in [3.63, 3.8) is 0 Å². The Hall–Kier alpha value is -1.45. The summed E-state index contributed by atoms with van der Waals surface area (Å²) in [5.41, 5.74) is -0.789. The third-order valence-electron chi connectivity index (χ3n) is 8.02. The molecule has 0 amide bonds. The second kappa shape index (κ2) is 30.6. The zero-order valence-electron chi connectivity index (χ0n) is 29.8. The van der Waals surface area contributed by atoms with Gasteiger partial charge in [0.2, 0.25) is 0 Å². The molecule has 0 atom stereocenters. The van der Waals surface area contributed by atoms with E-state index in [1.54, 1.807) is 0 Å². The van der Waals surface area contributed by atoms with Gasteiger partial charge in [-0.2, -0.15) is 0 Å². The summed E-state index contributed by atoms with van der Waals surface area (Å²) >= 11 is 0. The van der Waals surface area contributed by atoms with Crippen molar-refractivity contribution in [2.45, 2.75) is 160 Å². The maximum atomic E-state index is 12.9. The number of carbonyl (C=O) groups excluding carboxylic acids is 2. The van der Waals surface area contributed by atoms with Gasteiger partial charge in [0.25, 0.3) is 0 Å².